The Morgan fingerprint density at radius 3 is 2.67 bits per heavy atom. The molecule has 0 bridgehead atoms. The number of nitrogens with one attached hydrogen (secondary N) is 1. The number of rotatable bonds is 5. The number of carbonyl (C=O) groups excluding carboxylic acids is 2. The number of aliphatic hydroxyl groups is 1. The molecule has 1 rings (SSSR count). The molecule has 1 heterocycles. The van der Waals surface area contributed by atoms with E-state index >= 15 is 0 Å². The average Bonchev–Trinajstić information content (AvgIpc) is 2.54. The molecule has 5 heteroatoms. The smallest absolute Gasteiger partial charge is 0.225 e. The fourth-order valence-electron chi connectivity index (χ4n) is 2.41. The van der Waals surface area contributed by atoms with Crippen molar-refractivity contribution in [1.29, 1.82) is 0 Å². The molecule has 0 aromatic heterocycles. The Balaban J connectivity index is 2.40. The standard InChI is InChI=1S/C13H24N2O3/c1-9(2)6-13(3,18)8-14-12(17)10-5-11(16)15(4)7-10/h9-10,18H,5-8H2,1-4H3,(H,14,17). The summed E-state index contributed by atoms with van der Waals surface area (Å²) in [5, 5.41) is 12.8. The number of carbonyl (C=O) groups is 2. The van der Waals surface area contributed by atoms with Gasteiger partial charge in [0.25, 0.3) is 0 Å². The summed E-state index contributed by atoms with van der Waals surface area (Å²) in [4.78, 5) is 24.8. The molecule has 0 aliphatic carbocycles. The third-order valence-electron chi connectivity index (χ3n) is 3.20. The van der Waals surface area contributed by atoms with Crippen LogP contribution in [0.5, 0.6) is 0 Å². The van der Waals surface area contributed by atoms with Crippen molar-refractivity contribution in [2.75, 3.05) is 20.1 Å². The maximum Gasteiger partial charge on any atom is 0.225 e. The van der Waals surface area contributed by atoms with E-state index < -0.39 is 5.60 Å². The lowest BCUT2D eigenvalue weighted by molar-refractivity contribution is -0.128. The molecule has 0 saturated carbocycles. The second kappa shape index (κ2) is 5.69. The molecule has 1 saturated heterocycles. The van der Waals surface area contributed by atoms with Gasteiger partial charge >= 0.3 is 0 Å². The lowest BCUT2D eigenvalue weighted by Crippen LogP contribution is -2.43. The van der Waals surface area contributed by atoms with E-state index in [9.17, 15) is 14.7 Å². The zero-order chi connectivity index (χ0) is 13.9. The second-order valence-electron chi connectivity index (χ2n) is 5.99. The Morgan fingerprint density at radius 1 is 1.61 bits per heavy atom. The number of nitrogens with zero attached hydrogens (tertiary/aromatic N) is 1. The fourth-order valence-corrected chi connectivity index (χ4v) is 2.41. The quantitative estimate of drug-likeness (QED) is 0.747. The molecule has 2 unspecified atom stereocenters. The zero-order valence-electron chi connectivity index (χ0n) is 11.7. The minimum absolute atomic E-state index is 0.00379. The van der Waals surface area contributed by atoms with Crippen molar-refractivity contribution in [1.82, 2.24) is 10.2 Å². The van der Waals surface area contributed by atoms with Crippen LogP contribution in [-0.2, 0) is 9.59 Å². The minimum atomic E-state index is -0.891. The predicted molar refractivity (Wildman–Crippen MR) is 68.8 cm³/mol. The van der Waals surface area contributed by atoms with Crippen LogP contribution < -0.4 is 5.32 Å². The lowest BCUT2D eigenvalue weighted by atomic mass is 9.94. The summed E-state index contributed by atoms with van der Waals surface area (Å²) in [7, 11) is 1.70. The van der Waals surface area contributed by atoms with Crippen molar-refractivity contribution < 1.29 is 14.7 Å². The zero-order valence-corrected chi connectivity index (χ0v) is 11.7. The molecule has 0 spiro atoms. The van der Waals surface area contributed by atoms with Crippen LogP contribution in [0.15, 0.2) is 0 Å². The van der Waals surface area contributed by atoms with Gasteiger partial charge in [0.2, 0.25) is 11.8 Å². The highest BCUT2D eigenvalue weighted by Gasteiger charge is 2.33. The molecule has 1 aliphatic heterocycles. The Bertz CT molecular complexity index is 326. The molecule has 1 aliphatic rings. The predicted octanol–water partition coefficient (Wildman–Crippen LogP) is 0.378. The van der Waals surface area contributed by atoms with Crippen LogP contribution in [0.3, 0.4) is 0 Å². The van der Waals surface area contributed by atoms with E-state index in [0.717, 1.165) is 0 Å². The SMILES string of the molecule is CC(C)CC(C)(O)CNC(=O)C1CC(=O)N(C)C1. The number of likely N-dealkylation sites (tertiary alicyclic amines) is 1. The first-order valence-corrected chi connectivity index (χ1v) is 6.45. The highest BCUT2D eigenvalue weighted by atomic mass is 16.3. The molecule has 104 valence electrons. The number of amides is 2. The molecule has 0 aromatic carbocycles. The number of hydrogen-bond donors (Lipinski definition) is 2. The van der Waals surface area contributed by atoms with Gasteiger partial charge in [0.05, 0.1) is 11.5 Å². The van der Waals surface area contributed by atoms with Gasteiger partial charge in [-0.3, -0.25) is 9.59 Å². The van der Waals surface area contributed by atoms with Crippen LogP contribution in [0, 0.1) is 11.8 Å². The van der Waals surface area contributed by atoms with E-state index in [1.54, 1.807) is 18.9 Å². The monoisotopic (exact) mass is 256 g/mol. The van der Waals surface area contributed by atoms with Crippen molar-refractivity contribution in [2.24, 2.45) is 11.8 Å². The summed E-state index contributed by atoms with van der Waals surface area (Å²) in [5.41, 5.74) is -0.891. The molecule has 2 atom stereocenters. The van der Waals surface area contributed by atoms with E-state index in [1.165, 1.54) is 0 Å². The highest BCUT2D eigenvalue weighted by molar-refractivity contribution is 5.89. The van der Waals surface area contributed by atoms with Crippen molar-refractivity contribution in [3.8, 4) is 0 Å². The van der Waals surface area contributed by atoms with Crippen LogP contribution >= 0.6 is 0 Å². The largest absolute Gasteiger partial charge is 0.388 e. The van der Waals surface area contributed by atoms with Gasteiger partial charge in [-0.25, -0.2) is 0 Å². The van der Waals surface area contributed by atoms with Crippen molar-refractivity contribution in [3.63, 3.8) is 0 Å². The van der Waals surface area contributed by atoms with Crippen LogP contribution in [-0.4, -0.2) is 47.6 Å². The Morgan fingerprint density at radius 2 is 2.22 bits per heavy atom. The third-order valence-corrected chi connectivity index (χ3v) is 3.20. The molecule has 2 N–H and O–H groups in total. The molecule has 0 radical (unpaired) electrons. The first-order valence-electron chi connectivity index (χ1n) is 6.45. The average molecular weight is 256 g/mol. The van der Waals surface area contributed by atoms with Gasteiger partial charge in [0.1, 0.15) is 0 Å². The van der Waals surface area contributed by atoms with E-state index in [0.29, 0.717) is 18.9 Å². The van der Waals surface area contributed by atoms with Gasteiger partial charge in [-0.2, -0.15) is 0 Å². The second-order valence-corrected chi connectivity index (χ2v) is 5.99. The van der Waals surface area contributed by atoms with E-state index in [-0.39, 0.29) is 30.7 Å². The minimum Gasteiger partial charge on any atom is -0.388 e. The molecular weight excluding hydrogens is 232 g/mol. The topological polar surface area (TPSA) is 69.6 Å². The Labute approximate surface area is 109 Å². The number of hydrogen-bond acceptors (Lipinski definition) is 3. The van der Waals surface area contributed by atoms with E-state index in [4.69, 9.17) is 0 Å². The van der Waals surface area contributed by atoms with Gasteiger partial charge in [0, 0.05) is 26.6 Å². The molecule has 18 heavy (non-hydrogen) atoms. The summed E-state index contributed by atoms with van der Waals surface area (Å²) in [6.45, 7) is 6.48. The maximum atomic E-state index is 11.9. The maximum absolute atomic E-state index is 11.9. The fraction of sp³-hybridized carbons (Fsp3) is 0.846. The van der Waals surface area contributed by atoms with Crippen molar-refractivity contribution >= 4 is 11.8 Å². The van der Waals surface area contributed by atoms with Gasteiger partial charge in [-0.05, 0) is 19.3 Å². The van der Waals surface area contributed by atoms with Crippen LogP contribution in [0.25, 0.3) is 0 Å². The molecule has 0 aromatic rings. The summed E-state index contributed by atoms with van der Waals surface area (Å²) >= 11 is 0. The lowest BCUT2D eigenvalue weighted by Gasteiger charge is -2.26. The van der Waals surface area contributed by atoms with Gasteiger partial charge in [-0.15, -0.1) is 0 Å². The van der Waals surface area contributed by atoms with Crippen molar-refractivity contribution in [3.05, 3.63) is 0 Å². The molecule has 1 fully saturated rings. The first kappa shape index (κ1) is 15.0. The first-order chi connectivity index (χ1) is 8.21. The summed E-state index contributed by atoms with van der Waals surface area (Å²) in [5.74, 6) is -0.0470. The molecule has 2 amide bonds. The molecular formula is C13H24N2O3. The normalized spacial score (nSPS) is 23.3. The summed E-state index contributed by atoms with van der Waals surface area (Å²) in [6, 6.07) is 0. The third kappa shape index (κ3) is 4.29. The van der Waals surface area contributed by atoms with Crippen molar-refractivity contribution in [2.45, 2.75) is 39.2 Å². The van der Waals surface area contributed by atoms with Gasteiger partial charge in [-0.1, -0.05) is 13.8 Å². The summed E-state index contributed by atoms with van der Waals surface area (Å²) < 4.78 is 0. The van der Waals surface area contributed by atoms with Gasteiger partial charge in [0.15, 0.2) is 0 Å². The Hall–Kier alpha value is -1.10. The van der Waals surface area contributed by atoms with Gasteiger partial charge < -0.3 is 15.3 Å². The molecule has 5 nitrogen and oxygen atoms in total. The van der Waals surface area contributed by atoms with Crippen LogP contribution in [0.1, 0.15) is 33.6 Å². The van der Waals surface area contributed by atoms with E-state index in [1.807, 2.05) is 13.8 Å². The van der Waals surface area contributed by atoms with E-state index in [2.05, 4.69) is 5.32 Å². The highest BCUT2D eigenvalue weighted by Crippen LogP contribution is 2.18. The van der Waals surface area contributed by atoms with Crippen LogP contribution in [0.4, 0.5) is 0 Å². The van der Waals surface area contributed by atoms with Crippen LogP contribution in [0.2, 0.25) is 0 Å². The Kier molecular flexibility index (Phi) is 4.73. The summed E-state index contributed by atoms with van der Waals surface area (Å²) in [6.07, 6.45) is 0.908.